The molecule has 0 fully saturated rings. The Morgan fingerprint density at radius 3 is 2.45 bits per heavy atom. The number of nitrogens with one attached hydrogen (secondary N) is 1. The normalized spacial score (nSPS) is 11.3. The molecule has 106 valence electrons. The van der Waals surface area contributed by atoms with Gasteiger partial charge < -0.3 is 5.11 Å². The van der Waals surface area contributed by atoms with Crippen molar-refractivity contribution in [1.82, 2.24) is 0 Å². The van der Waals surface area contributed by atoms with Gasteiger partial charge in [0.25, 0.3) is 10.0 Å². The Labute approximate surface area is 119 Å². The summed E-state index contributed by atoms with van der Waals surface area (Å²) >= 11 is 0. The van der Waals surface area contributed by atoms with E-state index in [0.29, 0.717) is 11.3 Å². The van der Waals surface area contributed by atoms with Gasteiger partial charge in [0.1, 0.15) is 0 Å². The maximum Gasteiger partial charge on any atom is 0.261 e. The number of benzene rings is 2. The van der Waals surface area contributed by atoms with Crippen LogP contribution in [0.5, 0.6) is 0 Å². The first-order valence-electron chi connectivity index (χ1n) is 6.23. The molecule has 2 rings (SSSR count). The molecule has 0 aliphatic heterocycles. The van der Waals surface area contributed by atoms with Crippen molar-refractivity contribution in [1.29, 1.82) is 0 Å². The van der Waals surface area contributed by atoms with Gasteiger partial charge in [0.05, 0.1) is 17.2 Å². The highest BCUT2D eigenvalue weighted by atomic mass is 32.2. The summed E-state index contributed by atoms with van der Waals surface area (Å²) in [5.74, 6) is 0. The average molecular weight is 291 g/mol. The number of para-hydroxylation sites is 1. The Morgan fingerprint density at radius 1 is 1.10 bits per heavy atom. The predicted octanol–water partition coefficient (Wildman–Crippen LogP) is 2.60. The molecule has 0 aliphatic carbocycles. The third-order valence-electron chi connectivity index (χ3n) is 3.07. The Balaban J connectivity index is 2.44. The first-order valence-corrected chi connectivity index (χ1v) is 7.71. The maximum absolute atomic E-state index is 12.4. The maximum atomic E-state index is 12.4. The molecule has 0 unspecified atom stereocenters. The number of hydrogen-bond acceptors (Lipinski definition) is 3. The third kappa shape index (κ3) is 3.00. The molecule has 0 saturated heterocycles. The molecule has 2 N–H and O–H groups in total. The van der Waals surface area contributed by atoms with E-state index >= 15 is 0 Å². The minimum atomic E-state index is -3.65. The summed E-state index contributed by atoms with van der Waals surface area (Å²) in [4.78, 5) is 0.213. The third-order valence-corrected chi connectivity index (χ3v) is 4.41. The van der Waals surface area contributed by atoms with E-state index in [2.05, 4.69) is 4.72 Å². The number of aryl methyl sites for hydroxylation is 2. The zero-order valence-corrected chi connectivity index (χ0v) is 12.2. The minimum absolute atomic E-state index is 0.213. The van der Waals surface area contributed by atoms with Gasteiger partial charge >= 0.3 is 0 Å². The molecule has 20 heavy (non-hydrogen) atoms. The standard InChI is InChI=1S/C15H17NO3S/c1-11-5-3-8-14(9-11)20(18,19)16-15-12(2)6-4-7-13(15)10-17/h3-9,16-17H,10H2,1-2H3. The lowest BCUT2D eigenvalue weighted by Crippen LogP contribution is -2.15. The Morgan fingerprint density at radius 2 is 1.80 bits per heavy atom. The SMILES string of the molecule is Cc1cccc(S(=O)(=O)Nc2c(C)cccc2CO)c1. The number of rotatable bonds is 4. The van der Waals surface area contributed by atoms with E-state index in [0.717, 1.165) is 11.1 Å². The summed E-state index contributed by atoms with van der Waals surface area (Å²) in [6, 6.07) is 12.0. The van der Waals surface area contributed by atoms with Crippen LogP contribution in [0.2, 0.25) is 0 Å². The molecule has 0 aliphatic rings. The molecule has 0 spiro atoms. The monoisotopic (exact) mass is 291 g/mol. The lowest BCUT2D eigenvalue weighted by Gasteiger charge is -2.14. The molecule has 4 nitrogen and oxygen atoms in total. The second kappa shape index (κ2) is 5.64. The van der Waals surface area contributed by atoms with Crippen LogP contribution in [0.4, 0.5) is 5.69 Å². The molecule has 2 aromatic carbocycles. The molecule has 0 saturated carbocycles. The number of aliphatic hydroxyl groups is 1. The second-order valence-corrected chi connectivity index (χ2v) is 6.37. The fourth-order valence-electron chi connectivity index (χ4n) is 1.98. The van der Waals surface area contributed by atoms with Crippen LogP contribution >= 0.6 is 0 Å². The molecule has 0 amide bonds. The summed E-state index contributed by atoms with van der Waals surface area (Å²) in [5.41, 5.74) is 2.64. The highest BCUT2D eigenvalue weighted by molar-refractivity contribution is 7.92. The highest BCUT2D eigenvalue weighted by Crippen LogP contribution is 2.24. The Hall–Kier alpha value is -1.85. The molecular weight excluding hydrogens is 274 g/mol. The molecule has 0 atom stereocenters. The molecule has 0 radical (unpaired) electrons. The first kappa shape index (κ1) is 14.6. The van der Waals surface area contributed by atoms with Gasteiger partial charge in [0.15, 0.2) is 0 Å². The lowest BCUT2D eigenvalue weighted by molar-refractivity contribution is 0.282. The first-order chi connectivity index (χ1) is 9.44. The van der Waals surface area contributed by atoms with Gasteiger partial charge in [-0.15, -0.1) is 0 Å². The van der Waals surface area contributed by atoms with Crippen molar-refractivity contribution in [3.63, 3.8) is 0 Å². The smallest absolute Gasteiger partial charge is 0.261 e. The Kier molecular flexibility index (Phi) is 4.11. The number of aliphatic hydroxyl groups excluding tert-OH is 1. The van der Waals surface area contributed by atoms with Gasteiger partial charge in [-0.2, -0.15) is 0 Å². The van der Waals surface area contributed by atoms with Crippen LogP contribution in [-0.4, -0.2) is 13.5 Å². The van der Waals surface area contributed by atoms with Gasteiger partial charge in [-0.1, -0.05) is 30.3 Å². The van der Waals surface area contributed by atoms with Crippen LogP contribution in [0, 0.1) is 13.8 Å². The van der Waals surface area contributed by atoms with Gasteiger partial charge in [0, 0.05) is 5.56 Å². The summed E-state index contributed by atoms with van der Waals surface area (Å²) in [6.07, 6.45) is 0. The van der Waals surface area contributed by atoms with E-state index < -0.39 is 10.0 Å². The molecule has 0 aromatic heterocycles. The van der Waals surface area contributed by atoms with E-state index in [4.69, 9.17) is 0 Å². The number of sulfonamides is 1. The lowest BCUT2D eigenvalue weighted by atomic mass is 10.1. The molecule has 5 heteroatoms. The topological polar surface area (TPSA) is 66.4 Å². The van der Waals surface area contributed by atoms with Crippen LogP contribution in [0.15, 0.2) is 47.4 Å². The van der Waals surface area contributed by atoms with Crippen LogP contribution in [-0.2, 0) is 16.6 Å². The van der Waals surface area contributed by atoms with Gasteiger partial charge in [-0.05, 0) is 37.1 Å². The predicted molar refractivity (Wildman–Crippen MR) is 79.1 cm³/mol. The van der Waals surface area contributed by atoms with Crippen molar-refractivity contribution in [2.45, 2.75) is 25.3 Å². The fraction of sp³-hybridized carbons (Fsp3) is 0.200. The zero-order chi connectivity index (χ0) is 14.8. The summed E-state index contributed by atoms with van der Waals surface area (Å²) in [7, 11) is -3.65. The van der Waals surface area contributed by atoms with Crippen molar-refractivity contribution in [2.75, 3.05) is 4.72 Å². The van der Waals surface area contributed by atoms with E-state index in [1.165, 1.54) is 0 Å². The fourth-order valence-corrected chi connectivity index (χ4v) is 3.26. The largest absolute Gasteiger partial charge is 0.392 e. The van der Waals surface area contributed by atoms with E-state index in [1.807, 2.05) is 13.0 Å². The van der Waals surface area contributed by atoms with Crippen molar-refractivity contribution < 1.29 is 13.5 Å². The summed E-state index contributed by atoms with van der Waals surface area (Å²) in [6.45, 7) is 3.42. The second-order valence-electron chi connectivity index (χ2n) is 4.69. The van der Waals surface area contributed by atoms with Gasteiger partial charge in [-0.25, -0.2) is 8.42 Å². The quantitative estimate of drug-likeness (QED) is 0.910. The van der Waals surface area contributed by atoms with Crippen molar-refractivity contribution >= 4 is 15.7 Å². The van der Waals surface area contributed by atoms with Crippen LogP contribution < -0.4 is 4.72 Å². The zero-order valence-electron chi connectivity index (χ0n) is 11.4. The highest BCUT2D eigenvalue weighted by Gasteiger charge is 2.17. The molecule has 0 bridgehead atoms. The van der Waals surface area contributed by atoms with Crippen LogP contribution in [0.3, 0.4) is 0 Å². The van der Waals surface area contributed by atoms with E-state index in [9.17, 15) is 13.5 Å². The minimum Gasteiger partial charge on any atom is -0.392 e. The van der Waals surface area contributed by atoms with Crippen molar-refractivity contribution in [3.8, 4) is 0 Å². The van der Waals surface area contributed by atoms with Crippen LogP contribution in [0.1, 0.15) is 16.7 Å². The number of anilines is 1. The van der Waals surface area contributed by atoms with Crippen molar-refractivity contribution in [3.05, 3.63) is 59.2 Å². The van der Waals surface area contributed by atoms with Crippen molar-refractivity contribution in [2.24, 2.45) is 0 Å². The van der Waals surface area contributed by atoms with Gasteiger partial charge in [0.2, 0.25) is 0 Å². The Bertz CT molecular complexity index is 724. The number of hydrogen-bond donors (Lipinski definition) is 2. The average Bonchev–Trinajstić information content (AvgIpc) is 2.41. The van der Waals surface area contributed by atoms with E-state index in [1.54, 1.807) is 43.3 Å². The molecular formula is C15H17NO3S. The van der Waals surface area contributed by atoms with Gasteiger partial charge in [-0.3, -0.25) is 4.72 Å². The summed E-state index contributed by atoms with van der Waals surface area (Å²) < 4.78 is 27.3. The molecule has 2 aromatic rings. The summed E-state index contributed by atoms with van der Waals surface area (Å²) in [5, 5.41) is 9.32. The van der Waals surface area contributed by atoms with Crippen LogP contribution in [0.25, 0.3) is 0 Å². The molecule has 0 heterocycles. The van der Waals surface area contributed by atoms with E-state index in [-0.39, 0.29) is 11.5 Å².